The lowest BCUT2D eigenvalue weighted by molar-refractivity contribution is 0.304. The summed E-state index contributed by atoms with van der Waals surface area (Å²) in [4.78, 5) is 0. The number of rotatable bonds is 6. The van der Waals surface area contributed by atoms with Crippen LogP contribution in [0.25, 0.3) is 0 Å². The zero-order chi connectivity index (χ0) is 15.4. The van der Waals surface area contributed by atoms with E-state index in [4.69, 9.17) is 0 Å². The molecule has 0 aliphatic rings. The van der Waals surface area contributed by atoms with E-state index in [1.807, 2.05) is 0 Å². The molecule has 0 bridgehead atoms. The van der Waals surface area contributed by atoms with Gasteiger partial charge in [0.05, 0.1) is 0 Å². The van der Waals surface area contributed by atoms with Crippen molar-refractivity contribution in [2.24, 2.45) is 11.3 Å². The van der Waals surface area contributed by atoms with Crippen LogP contribution in [0.2, 0.25) is 0 Å². The molecule has 0 fully saturated rings. The minimum Gasteiger partial charge on any atom is -0.0922 e. The van der Waals surface area contributed by atoms with Crippen molar-refractivity contribution in [3.63, 3.8) is 0 Å². The number of alkyl halides is 2. The SMILES string of the molecule is CC(C)CC(CBr)(CBr)Cc1ccc(C(C)(C)C)cc1. The molecule has 0 nitrogen and oxygen atoms in total. The molecule has 1 aromatic carbocycles. The molecule has 20 heavy (non-hydrogen) atoms. The molecule has 0 unspecified atom stereocenters. The second-order valence-corrected chi connectivity index (χ2v) is 8.61. The summed E-state index contributed by atoms with van der Waals surface area (Å²) < 4.78 is 0. The summed E-state index contributed by atoms with van der Waals surface area (Å²) in [6.07, 6.45) is 2.37. The normalized spacial score (nSPS) is 13.0. The molecule has 0 aliphatic carbocycles. The van der Waals surface area contributed by atoms with Crippen molar-refractivity contribution >= 4 is 31.9 Å². The van der Waals surface area contributed by atoms with Crippen LogP contribution < -0.4 is 0 Å². The summed E-state index contributed by atoms with van der Waals surface area (Å²) in [5, 5.41) is 2.09. The van der Waals surface area contributed by atoms with Crippen molar-refractivity contribution in [3.8, 4) is 0 Å². The van der Waals surface area contributed by atoms with E-state index in [9.17, 15) is 0 Å². The van der Waals surface area contributed by atoms with E-state index in [-0.39, 0.29) is 5.41 Å². The Morgan fingerprint density at radius 2 is 1.45 bits per heavy atom. The third-order valence-electron chi connectivity index (χ3n) is 3.81. The Balaban J connectivity index is 2.89. The quantitative estimate of drug-likeness (QED) is 0.485. The van der Waals surface area contributed by atoms with Gasteiger partial charge in [0.25, 0.3) is 0 Å². The highest BCUT2D eigenvalue weighted by atomic mass is 79.9. The van der Waals surface area contributed by atoms with Gasteiger partial charge < -0.3 is 0 Å². The minimum absolute atomic E-state index is 0.235. The van der Waals surface area contributed by atoms with Crippen molar-refractivity contribution in [3.05, 3.63) is 35.4 Å². The zero-order valence-corrected chi connectivity index (χ0v) is 16.6. The average molecular weight is 404 g/mol. The van der Waals surface area contributed by atoms with Gasteiger partial charge in [-0.1, -0.05) is 90.7 Å². The van der Waals surface area contributed by atoms with Gasteiger partial charge in [0.2, 0.25) is 0 Å². The molecule has 114 valence electrons. The summed E-state index contributed by atoms with van der Waals surface area (Å²) in [5.41, 5.74) is 3.40. The highest BCUT2D eigenvalue weighted by Crippen LogP contribution is 2.35. The van der Waals surface area contributed by atoms with E-state index in [1.165, 1.54) is 17.5 Å². The smallest absolute Gasteiger partial charge is 0.00992 e. The Morgan fingerprint density at radius 3 is 1.80 bits per heavy atom. The van der Waals surface area contributed by atoms with Crippen LogP contribution in [0.4, 0.5) is 0 Å². The third-order valence-corrected chi connectivity index (χ3v) is 6.19. The molecule has 0 amide bonds. The molecular weight excluding hydrogens is 376 g/mol. The van der Waals surface area contributed by atoms with Crippen molar-refractivity contribution in [2.45, 2.75) is 52.9 Å². The van der Waals surface area contributed by atoms with Crippen LogP contribution in [0.3, 0.4) is 0 Å². The number of halogens is 2. The third kappa shape index (κ3) is 5.18. The standard InChI is InChI=1S/C18H28Br2/c1-14(2)10-18(12-19,13-20)11-15-6-8-16(9-7-15)17(3,4)5/h6-9,14H,10-13H2,1-5H3. The predicted octanol–water partition coefficient (Wildman–Crippen LogP) is 6.35. The fourth-order valence-corrected chi connectivity index (χ4v) is 4.52. The van der Waals surface area contributed by atoms with Crippen molar-refractivity contribution in [1.82, 2.24) is 0 Å². The first kappa shape index (κ1) is 18.2. The number of benzene rings is 1. The van der Waals surface area contributed by atoms with Crippen LogP contribution in [-0.4, -0.2) is 10.7 Å². The molecule has 0 saturated carbocycles. The van der Waals surface area contributed by atoms with Crippen LogP contribution >= 0.6 is 31.9 Å². The van der Waals surface area contributed by atoms with Crippen LogP contribution in [0.5, 0.6) is 0 Å². The lowest BCUT2D eigenvalue weighted by Gasteiger charge is -2.32. The second-order valence-electron chi connectivity index (χ2n) is 7.49. The van der Waals surface area contributed by atoms with Gasteiger partial charge in [-0.15, -0.1) is 0 Å². The minimum atomic E-state index is 0.235. The maximum Gasteiger partial charge on any atom is 0.00992 e. The van der Waals surface area contributed by atoms with E-state index in [0.717, 1.165) is 23.0 Å². The molecule has 1 aromatic rings. The Bertz CT molecular complexity index is 394. The molecule has 2 heteroatoms. The van der Waals surface area contributed by atoms with Crippen LogP contribution in [-0.2, 0) is 11.8 Å². The Hall–Kier alpha value is 0.180. The number of hydrogen-bond acceptors (Lipinski definition) is 0. The van der Waals surface area contributed by atoms with Gasteiger partial charge in [-0.2, -0.15) is 0 Å². The predicted molar refractivity (Wildman–Crippen MR) is 98.3 cm³/mol. The first-order chi connectivity index (χ1) is 9.22. The molecule has 0 heterocycles. The van der Waals surface area contributed by atoms with Gasteiger partial charge >= 0.3 is 0 Å². The highest BCUT2D eigenvalue weighted by molar-refractivity contribution is 9.09. The fourth-order valence-electron chi connectivity index (χ4n) is 2.73. The molecule has 0 aliphatic heterocycles. The molecule has 0 aromatic heterocycles. The van der Waals surface area contributed by atoms with Gasteiger partial charge in [0, 0.05) is 10.7 Å². The molecular formula is C18H28Br2. The largest absolute Gasteiger partial charge is 0.0922 e. The molecule has 0 atom stereocenters. The van der Waals surface area contributed by atoms with E-state index in [1.54, 1.807) is 0 Å². The summed E-state index contributed by atoms with van der Waals surface area (Å²) in [5.74, 6) is 0.721. The second kappa shape index (κ2) is 7.45. The van der Waals surface area contributed by atoms with Gasteiger partial charge in [-0.05, 0) is 40.7 Å². The lowest BCUT2D eigenvalue weighted by atomic mass is 9.78. The molecule has 0 radical (unpaired) electrons. The van der Waals surface area contributed by atoms with Crippen molar-refractivity contribution in [2.75, 3.05) is 10.7 Å². The van der Waals surface area contributed by atoms with Gasteiger partial charge in [0.1, 0.15) is 0 Å². The monoisotopic (exact) mass is 402 g/mol. The summed E-state index contributed by atoms with van der Waals surface area (Å²) in [6, 6.07) is 9.19. The maximum atomic E-state index is 3.74. The maximum absolute atomic E-state index is 3.74. The van der Waals surface area contributed by atoms with Crippen LogP contribution in [0, 0.1) is 11.3 Å². The molecule has 0 spiro atoms. The van der Waals surface area contributed by atoms with Crippen LogP contribution in [0.15, 0.2) is 24.3 Å². The Labute approximate surface area is 142 Å². The van der Waals surface area contributed by atoms with Gasteiger partial charge in [-0.3, -0.25) is 0 Å². The van der Waals surface area contributed by atoms with Gasteiger partial charge in [-0.25, -0.2) is 0 Å². The molecule has 0 N–H and O–H groups in total. The van der Waals surface area contributed by atoms with Crippen LogP contribution in [0.1, 0.15) is 52.2 Å². The summed E-state index contributed by atoms with van der Waals surface area (Å²) in [7, 11) is 0. The average Bonchev–Trinajstić information content (AvgIpc) is 2.37. The fraction of sp³-hybridized carbons (Fsp3) is 0.667. The first-order valence-corrected chi connectivity index (χ1v) is 9.68. The summed E-state index contributed by atoms with van der Waals surface area (Å²) >= 11 is 7.47. The lowest BCUT2D eigenvalue weighted by Crippen LogP contribution is -2.29. The van der Waals surface area contributed by atoms with Gasteiger partial charge in [0.15, 0.2) is 0 Å². The van der Waals surface area contributed by atoms with E-state index in [2.05, 4.69) is 90.7 Å². The van der Waals surface area contributed by atoms with E-state index < -0.39 is 0 Å². The van der Waals surface area contributed by atoms with Crippen molar-refractivity contribution in [1.29, 1.82) is 0 Å². The zero-order valence-electron chi connectivity index (χ0n) is 13.5. The summed E-state index contributed by atoms with van der Waals surface area (Å²) in [6.45, 7) is 11.4. The highest BCUT2D eigenvalue weighted by Gasteiger charge is 2.29. The van der Waals surface area contributed by atoms with E-state index >= 15 is 0 Å². The molecule has 0 saturated heterocycles. The van der Waals surface area contributed by atoms with E-state index in [0.29, 0.717) is 5.41 Å². The first-order valence-electron chi connectivity index (χ1n) is 7.44. The Morgan fingerprint density at radius 1 is 0.950 bits per heavy atom. The topological polar surface area (TPSA) is 0 Å². The molecule has 1 rings (SSSR count). The Kier molecular flexibility index (Phi) is 6.79. The van der Waals surface area contributed by atoms with Crippen molar-refractivity contribution < 1.29 is 0 Å². The number of hydrogen-bond donors (Lipinski definition) is 0.